The van der Waals surface area contributed by atoms with Crippen LogP contribution in [0.1, 0.15) is 25.7 Å². The number of hydrogen-bond acceptors (Lipinski definition) is 7. The Morgan fingerprint density at radius 3 is 2.39 bits per heavy atom. The summed E-state index contributed by atoms with van der Waals surface area (Å²) in [5.74, 6) is -1.98. The van der Waals surface area contributed by atoms with Gasteiger partial charge in [0, 0.05) is 13.0 Å². The lowest BCUT2D eigenvalue weighted by atomic mass is 9.84. The molecule has 6 N–H and O–H groups in total. The highest BCUT2D eigenvalue weighted by Crippen LogP contribution is 2.22. The van der Waals surface area contributed by atoms with Gasteiger partial charge in [0.15, 0.2) is 0 Å². The fourth-order valence-electron chi connectivity index (χ4n) is 3.26. The van der Waals surface area contributed by atoms with Crippen LogP contribution in [0, 0.1) is 0 Å². The van der Waals surface area contributed by atoms with E-state index in [0.29, 0.717) is 25.9 Å². The Hall–Kier alpha value is -2.24. The summed E-state index contributed by atoms with van der Waals surface area (Å²) in [7, 11) is 0. The molecule has 0 aromatic carbocycles. The molecule has 1 unspecified atom stereocenters. The Morgan fingerprint density at radius 2 is 1.68 bits per heavy atom. The molecule has 0 aromatic rings. The van der Waals surface area contributed by atoms with Crippen LogP contribution in [0.4, 0.5) is 0 Å². The monoisotopic (exact) mass is 399 g/mol. The summed E-state index contributed by atoms with van der Waals surface area (Å²) in [4.78, 5) is 48.5. The van der Waals surface area contributed by atoms with Gasteiger partial charge in [0.1, 0.15) is 12.6 Å². The van der Waals surface area contributed by atoms with Crippen molar-refractivity contribution in [1.29, 1.82) is 0 Å². The molecule has 2 saturated heterocycles. The highest BCUT2D eigenvalue weighted by molar-refractivity contribution is 5.91. The molecule has 2 aliphatic heterocycles. The number of nitrogens with two attached hydrogens (primary N) is 1. The Labute approximate surface area is 163 Å². The average molecular weight is 399 g/mol. The van der Waals surface area contributed by atoms with E-state index in [9.17, 15) is 19.2 Å². The Morgan fingerprint density at radius 1 is 0.964 bits per heavy atom. The normalized spacial score (nSPS) is 25.9. The maximum atomic E-state index is 12.6. The van der Waals surface area contributed by atoms with Gasteiger partial charge in [-0.15, -0.1) is 0 Å². The van der Waals surface area contributed by atoms with E-state index < -0.39 is 29.3 Å². The molecule has 4 amide bonds. The van der Waals surface area contributed by atoms with Crippen molar-refractivity contribution < 1.29 is 28.7 Å². The highest BCUT2D eigenvalue weighted by Gasteiger charge is 2.36. The first-order valence-corrected chi connectivity index (χ1v) is 9.43. The SMILES string of the molecule is NC(=O)C1CC(=O)NCCOCCOCC(=O)NC2(CCNCC2)CC(=O)N1. The molecular weight excluding hydrogens is 370 g/mol. The predicted molar refractivity (Wildman–Crippen MR) is 98.0 cm³/mol. The molecule has 2 rings (SSSR count). The molecule has 2 heterocycles. The third-order valence-corrected chi connectivity index (χ3v) is 4.71. The summed E-state index contributed by atoms with van der Waals surface area (Å²) in [5, 5.41) is 11.2. The van der Waals surface area contributed by atoms with E-state index >= 15 is 0 Å². The van der Waals surface area contributed by atoms with Gasteiger partial charge >= 0.3 is 0 Å². The largest absolute Gasteiger partial charge is 0.377 e. The number of primary amides is 1. The minimum atomic E-state index is -1.12. The molecule has 2 fully saturated rings. The van der Waals surface area contributed by atoms with Crippen LogP contribution in [0.15, 0.2) is 0 Å². The lowest BCUT2D eigenvalue weighted by Gasteiger charge is -2.38. The Kier molecular flexibility index (Phi) is 8.61. The van der Waals surface area contributed by atoms with Crippen LogP contribution in [0.5, 0.6) is 0 Å². The second-order valence-corrected chi connectivity index (χ2v) is 7.00. The molecule has 11 nitrogen and oxygen atoms in total. The number of hydrogen-bond donors (Lipinski definition) is 5. The summed E-state index contributed by atoms with van der Waals surface area (Å²) < 4.78 is 10.6. The van der Waals surface area contributed by atoms with Gasteiger partial charge in [0.05, 0.1) is 31.8 Å². The highest BCUT2D eigenvalue weighted by atomic mass is 16.5. The summed E-state index contributed by atoms with van der Waals surface area (Å²) in [6.45, 7) is 2.16. The van der Waals surface area contributed by atoms with Crippen molar-refractivity contribution in [3.63, 3.8) is 0 Å². The summed E-state index contributed by atoms with van der Waals surface area (Å²) in [6.07, 6.45) is 0.827. The van der Waals surface area contributed by atoms with Crippen LogP contribution in [-0.4, -0.2) is 81.3 Å². The molecule has 0 aromatic heterocycles. The fraction of sp³-hybridized carbons (Fsp3) is 0.765. The first-order chi connectivity index (χ1) is 13.4. The molecule has 0 radical (unpaired) electrons. The number of rotatable bonds is 1. The smallest absolute Gasteiger partial charge is 0.246 e. The van der Waals surface area contributed by atoms with Gasteiger partial charge in [-0.05, 0) is 25.9 Å². The molecule has 2 aliphatic rings. The number of nitrogens with one attached hydrogen (secondary N) is 4. The lowest BCUT2D eigenvalue weighted by Crippen LogP contribution is -2.58. The third-order valence-electron chi connectivity index (χ3n) is 4.71. The maximum Gasteiger partial charge on any atom is 0.246 e. The number of piperidine rings is 1. The quantitative estimate of drug-likeness (QED) is 0.317. The lowest BCUT2D eigenvalue weighted by molar-refractivity contribution is -0.132. The number of carbonyl (C=O) groups is 4. The summed E-state index contributed by atoms with van der Waals surface area (Å²) in [5.41, 5.74) is 4.59. The molecule has 1 atom stereocenters. The van der Waals surface area contributed by atoms with Crippen molar-refractivity contribution >= 4 is 23.6 Å². The van der Waals surface area contributed by atoms with Crippen LogP contribution in [-0.2, 0) is 28.7 Å². The maximum absolute atomic E-state index is 12.6. The van der Waals surface area contributed by atoms with Gasteiger partial charge in [0.2, 0.25) is 23.6 Å². The minimum Gasteiger partial charge on any atom is -0.377 e. The summed E-state index contributed by atoms with van der Waals surface area (Å²) in [6, 6.07) is -1.12. The van der Waals surface area contributed by atoms with Crippen LogP contribution in [0.25, 0.3) is 0 Å². The van der Waals surface area contributed by atoms with Crippen molar-refractivity contribution in [3.8, 4) is 0 Å². The van der Waals surface area contributed by atoms with E-state index in [0.717, 1.165) is 0 Å². The van der Waals surface area contributed by atoms with Gasteiger partial charge in [-0.2, -0.15) is 0 Å². The van der Waals surface area contributed by atoms with Crippen molar-refractivity contribution in [2.45, 2.75) is 37.3 Å². The molecular formula is C17H29N5O6. The van der Waals surface area contributed by atoms with Crippen LogP contribution >= 0.6 is 0 Å². The fourth-order valence-corrected chi connectivity index (χ4v) is 3.26. The molecule has 158 valence electrons. The zero-order valence-electron chi connectivity index (χ0n) is 15.9. The number of ether oxygens (including phenoxy) is 2. The standard InChI is InChI=1S/C17H29N5O6/c18-16(26)12-9-13(23)20-5-6-27-7-8-28-11-15(25)22-17(10-14(24)21-12)1-3-19-4-2-17/h12,19H,1-11H2,(H2,18,26)(H,20,23)(H,21,24)(H,22,25). The van der Waals surface area contributed by atoms with Gasteiger partial charge in [0.25, 0.3) is 0 Å². The van der Waals surface area contributed by atoms with E-state index in [1.807, 2.05) is 0 Å². The zero-order valence-corrected chi connectivity index (χ0v) is 15.9. The van der Waals surface area contributed by atoms with Crippen LogP contribution in [0.3, 0.4) is 0 Å². The Balaban J connectivity index is 2.10. The van der Waals surface area contributed by atoms with Crippen molar-refractivity contribution in [1.82, 2.24) is 21.3 Å². The number of carbonyl (C=O) groups excluding carboxylic acids is 4. The van der Waals surface area contributed by atoms with Crippen molar-refractivity contribution in [3.05, 3.63) is 0 Å². The Bertz CT molecular complexity index is 578. The first kappa shape index (κ1) is 22.1. The summed E-state index contributed by atoms with van der Waals surface area (Å²) >= 11 is 0. The predicted octanol–water partition coefficient (Wildman–Crippen LogP) is -2.86. The topological polar surface area (TPSA) is 161 Å². The van der Waals surface area contributed by atoms with Gasteiger partial charge in [-0.1, -0.05) is 0 Å². The third kappa shape index (κ3) is 7.41. The number of amides is 4. The van der Waals surface area contributed by atoms with Crippen molar-refractivity contribution in [2.24, 2.45) is 5.73 Å². The van der Waals surface area contributed by atoms with Crippen LogP contribution in [0.2, 0.25) is 0 Å². The molecule has 0 aliphatic carbocycles. The van der Waals surface area contributed by atoms with E-state index in [2.05, 4.69) is 21.3 Å². The first-order valence-electron chi connectivity index (χ1n) is 9.43. The van der Waals surface area contributed by atoms with E-state index in [1.165, 1.54) is 0 Å². The van der Waals surface area contributed by atoms with Gasteiger partial charge < -0.3 is 36.5 Å². The van der Waals surface area contributed by atoms with E-state index in [4.69, 9.17) is 15.2 Å². The zero-order chi connectivity index (χ0) is 20.4. The molecule has 28 heavy (non-hydrogen) atoms. The van der Waals surface area contributed by atoms with Gasteiger partial charge in [-0.3, -0.25) is 19.2 Å². The van der Waals surface area contributed by atoms with Crippen LogP contribution < -0.4 is 27.0 Å². The molecule has 0 saturated carbocycles. The van der Waals surface area contributed by atoms with Gasteiger partial charge in [-0.25, -0.2) is 0 Å². The second-order valence-electron chi connectivity index (χ2n) is 7.00. The minimum absolute atomic E-state index is 0.0189. The van der Waals surface area contributed by atoms with E-state index in [1.54, 1.807) is 0 Å². The molecule has 0 bridgehead atoms. The average Bonchev–Trinajstić information content (AvgIpc) is 2.63. The second kappa shape index (κ2) is 10.9. The molecule has 11 heteroatoms. The van der Waals surface area contributed by atoms with Crippen molar-refractivity contribution in [2.75, 3.05) is 46.1 Å². The molecule has 1 spiro atoms. The van der Waals surface area contributed by atoms with E-state index in [-0.39, 0.29) is 51.7 Å².